The van der Waals surface area contributed by atoms with Gasteiger partial charge in [-0.2, -0.15) is 0 Å². The molecule has 3 saturated heterocycles. The van der Waals surface area contributed by atoms with Crippen molar-refractivity contribution in [2.75, 3.05) is 63.1 Å². The molecule has 0 bridgehead atoms. The van der Waals surface area contributed by atoms with Crippen molar-refractivity contribution < 1.29 is 19.1 Å². The summed E-state index contributed by atoms with van der Waals surface area (Å²) in [5.74, 6) is 0.644. The highest BCUT2D eigenvalue weighted by Gasteiger charge is 2.27. The van der Waals surface area contributed by atoms with Gasteiger partial charge in [-0.05, 0) is 56.2 Å². The Balaban J connectivity index is 1.11. The van der Waals surface area contributed by atoms with Crippen LogP contribution >= 0.6 is 11.8 Å². The summed E-state index contributed by atoms with van der Waals surface area (Å²) in [7, 11) is 0. The molecule has 41 heavy (non-hydrogen) atoms. The van der Waals surface area contributed by atoms with Gasteiger partial charge in [0.1, 0.15) is 5.60 Å². The summed E-state index contributed by atoms with van der Waals surface area (Å²) >= 11 is 1.52. The van der Waals surface area contributed by atoms with Gasteiger partial charge in [0.05, 0.1) is 10.8 Å². The Kier molecular flexibility index (Phi) is 8.89. The normalized spacial score (nSPS) is 19.4. The van der Waals surface area contributed by atoms with Gasteiger partial charge in [-0.3, -0.25) is 14.5 Å². The maximum absolute atomic E-state index is 13.3. The lowest BCUT2D eigenvalue weighted by Gasteiger charge is -2.37. The molecule has 0 aromatic heterocycles. The van der Waals surface area contributed by atoms with Crippen LogP contribution in [0.2, 0.25) is 0 Å². The monoisotopic (exact) mass is 577 g/mol. The SMILES string of the molecule is CC(C)(C)OC(=O)N1CCN(Cc2ccc(C(=O)N3CCN(c4ccccc4C=C4SCNC4=O)CC3)cc2)CC1. The average molecular weight is 578 g/mol. The topological polar surface area (TPSA) is 85.4 Å². The van der Waals surface area contributed by atoms with Crippen LogP contribution in [0.4, 0.5) is 10.5 Å². The van der Waals surface area contributed by atoms with Gasteiger partial charge < -0.3 is 24.8 Å². The van der Waals surface area contributed by atoms with Crippen LogP contribution < -0.4 is 10.2 Å². The van der Waals surface area contributed by atoms with Crippen LogP contribution in [0.15, 0.2) is 53.4 Å². The van der Waals surface area contributed by atoms with E-state index in [1.807, 2.05) is 74.2 Å². The zero-order valence-corrected chi connectivity index (χ0v) is 24.9. The third-order valence-corrected chi connectivity index (χ3v) is 8.35. The third kappa shape index (κ3) is 7.42. The number of anilines is 1. The second-order valence-electron chi connectivity index (χ2n) is 11.6. The van der Waals surface area contributed by atoms with Crippen LogP contribution in [0.25, 0.3) is 6.08 Å². The lowest BCUT2D eigenvalue weighted by atomic mass is 10.1. The van der Waals surface area contributed by atoms with Crippen LogP contribution in [0.1, 0.15) is 42.3 Å². The van der Waals surface area contributed by atoms with Crippen LogP contribution in [0, 0.1) is 0 Å². The smallest absolute Gasteiger partial charge is 0.410 e. The first-order valence-corrected chi connectivity index (χ1v) is 15.2. The molecule has 0 radical (unpaired) electrons. The maximum Gasteiger partial charge on any atom is 0.410 e. The molecule has 218 valence electrons. The van der Waals surface area contributed by atoms with Crippen molar-refractivity contribution in [1.29, 1.82) is 0 Å². The summed E-state index contributed by atoms with van der Waals surface area (Å²) in [5, 5.41) is 2.84. The van der Waals surface area contributed by atoms with Gasteiger partial charge in [0.15, 0.2) is 0 Å². The lowest BCUT2D eigenvalue weighted by Crippen LogP contribution is -2.49. The molecule has 3 aliphatic heterocycles. The minimum Gasteiger partial charge on any atom is -0.444 e. The van der Waals surface area contributed by atoms with Crippen molar-refractivity contribution in [2.24, 2.45) is 0 Å². The molecule has 3 aliphatic rings. The van der Waals surface area contributed by atoms with E-state index in [0.717, 1.165) is 54.4 Å². The van der Waals surface area contributed by atoms with Crippen LogP contribution in [0.5, 0.6) is 0 Å². The van der Waals surface area contributed by atoms with E-state index in [1.165, 1.54) is 11.8 Å². The molecule has 2 aromatic carbocycles. The standard InChI is InChI=1S/C31H39N5O4S/c1-31(2,3)40-30(39)36-14-12-33(13-15-36)21-23-8-10-24(11-9-23)29(38)35-18-16-34(17-19-35)26-7-5-4-6-25(26)20-27-28(37)32-22-41-27/h4-11,20H,12-19,21-22H2,1-3H3,(H,32,37). The summed E-state index contributed by atoms with van der Waals surface area (Å²) in [5.41, 5.74) is 3.47. The Morgan fingerprint density at radius 2 is 1.56 bits per heavy atom. The van der Waals surface area contributed by atoms with Gasteiger partial charge in [0.2, 0.25) is 0 Å². The van der Waals surface area contributed by atoms with E-state index in [1.54, 1.807) is 4.90 Å². The van der Waals surface area contributed by atoms with E-state index in [9.17, 15) is 14.4 Å². The molecule has 10 heteroatoms. The Morgan fingerprint density at radius 3 is 2.20 bits per heavy atom. The number of hydrogen-bond donors (Lipinski definition) is 1. The fraction of sp³-hybridized carbons (Fsp3) is 0.452. The first kappa shape index (κ1) is 29.0. The molecule has 2 aromatic rings. The van der Waals surface area contributed by atoms with Crippen LogP contribution in [-0.4, -0.2) is 96.4 Å². The molecular formula is C31H39N5O4S. The predicted molar refractivity (Wildman–Crippen MR) is 163 cm³/mol. The number of carbonyl (C=O) groups excluding carboxylic acids is 3. The Labute approximate surface area is 246 Å². The molecule has 3 amide bonds. The van der Waals surface area contributed by atoms with Gasteiger partial charge in [0, 0.05) is 70.2 Å². The molecule has 3 heterocycles. The number of hydrogen-bond acceptors (Lipinski definition) is 7. The number of ether oxygens (including phenoxy) is 1. The number of carbonyl (C=O) groups is 3. The quantitative estimate of drug-likeness (QED) is 0.541. The molecule has 0 spiro atoms. The predicted octanol–water partition coefficient (Wildman–Crippen LogP) is 3.86. The molecule has 0 aliphatic carbocycles. The van der Waals surface area contributed by atoms with E-state index in [4.69, 9.17) is 4.74 Å². The number of para-hydroxylation sites is 1. The minimum atomic E-state index is -0.487. The zero-order valence-electron chi connectivity index (χ0n) is 24.1. The fourth-order valence-electron chi connectivity index (χ4n) is 5.24. The number of piperazine rings is 2. The minimum absolute atomic E-state index is 0.0213. The Bertz CT molecular complexity index is 1290. The molecule has 5 rings (SSSR count). The molecule has 0 atom stereocenters. The van der Waals surface area contributed by atoms with Gasteiger partial charge in [-0.15, -0.1) is 0 Å². The summed E-state index contributed by atoms with van der Waals surface area (Å²) in [6.07, 6.45) is 1.71. The second kappa shape index (κ2) is 12.6. The fourth-order valence-corrected chi connectivity index (χ4v) is 6.01. The molecular weight excluding hydrogens is 538 g/mol. The summed E-state index contributed by atoms with van der Waals surface area (Å²) < 4.78 is 5.49. The molecule has 0 unspecified atom stereocenters. The molecule has 3 fully saturated rings. The van der Waals surface area contributed by atoms with Gasteiger partial charge in [0.25, 0.3) is 11.8 Å². The summed E-state index contributed by atoms with van der Waals surface area (Å²) in [6.45, 7) is 12.1. The number of amides is 3. The van der Waals surface area contributed by atoms with Crippen molar-refractivity contribution in [1.82, 2.24) is 20.0 Å². The third-order valence-electron chi connectivity index (χ3n) is 7.45. The Hall–Kier alpha value is -3.50. The van der Waals surface area contributed by atoms with Crippen molar-refractivity contribution in [3.05, 3.63) is 70.1 Å². The van der Waals surface area contributed by atoms with E-state index in [2.05, 4.69) is 21.2 Å². The molecule has 0 saturated carbocycles. The highest BCUT2D eigenvalue weighted by atomic mass is 32.2. The summed E-state index contributed by atoms with van der Waals surface area (Å²) in [4.78, 5) is 46.7. The first-order valence-electron chi connectivity index (χ1n) is 14.2. The van der Waals surface area contributed by atoms with E-state index >= 15 is 0 Å². The van der Waals surface area contributed by atoms with Crippen LogP contribution in [0.3, 0.4) is 0 Å². The number of thioether (sulfide) groups is 1. The number of rotatable bonds is 5. The largest absolute Gasteiger partial charge is 0.444 e. The van der Waals surface area contributed by atoms with E-state index < -0.39 is 5.60 Å². The Morgan fingerprint density at radius 1 is 0.902 bits per heavy atom. The van der Waals surface area contributed by atoms with Crippen molar-refractivity contribution in [3.63, 3.8) is 0 Å². The van der Waals surface area contributed by atoms with Crippen molar-refractivity contribution in [2.45, 2.75) is 32.9 Å². The zero-order chi connectivity index (χ0) is 29.0. The van der Waals surface area contributed by atoms with E-state index in [-0.39, 0.29) is 17.9 Å². The van der Waals surface area contributed by atoms with Gasteiger partial charge in [-0.1, -0.05) is 42.1 Å². The highest BCUT2D eigenvalue weighted by Crippen LogP contribution is 2.29. The first-order chi connectivity index (χ1) is 19.7. The van der Waals surface area contributed by atoms with Gasteiger partial charge >= 0.3 is 6.09 Å². The van der Waals surface area contributed by atoms with E-state index in [0.29, 0.717) is 37.6 Å². The van der Waals surface area contributed by atoms with Crippen molar-refractivity contribution in [3.8, 4) is 0 Å². The summed E-state index contributed by atoms with van der Waals surface area (Å²) in [6, 6.07) is 16.0. The van der Waals surface area contributed by atoms with Gasteiger partial charge in [-0.25, -0.2) is 4.79 Å². The molecule has 9 nitrogen and oxygen atoms in total. The average Bonchev–Trinajstić information content (AvgIpc) is 3.37. The van der Waals surface area contributed by atoms with Crippen LogP contribution in [-0.2, 0) is 16.1 Å². The number of benzene rings is 2. The lowest BCUT2D eigenvalue weighted by molar-refractivity contribution is -0.116. The molecule has 1 N–H and O–H groups in total. The van der Waals surface area contributed by atoms with Crippen molar-refractivity contribution >= 4 is 41.4 Å². The number of nitrogens with zero attached hydrogens (tertiary/aromatic N) is 4. The second-order valence-corrected chi connectivity index (χ2v) is 12.6. The highest BCUT2D eigenvalue weighted by molar-refractivity contribution is 8.04. The maximum atomic E-state index is 13.3. The number of nitrogens with one attached hydrogen (secondary N) is 1.